The van der Waals surface area contributed by atoms with Gasteiger partial charge in [0, 0.05) is 0 Å². The highest BCUT2D eigenvalue weighted by Crippen LogP contribution is 2.16. The standard InChI is InChI=1S/C9H15NO/c1-2-3-5-8(10)9-6-4-7-11-9/h4,6-8H,2-3,5,10H2,1H3/t8-/m0/s1. The summed E-state index contributed by atoms with van der Waals surface area (Å²) in [5.41, 5.74) is 5.83. The number of rotatable bonds is 4. The molecule has 0 aliphatic rings. The Bertz CT molecular complexity index is 181. The molecule has 0 radical (unpaired) electrons. The number of unbranched alkanes of at least 4 members (excludes halogenated alkanes) is 1. The van der Waals surface area contributed by atoms with E-state index in [0.717, 1.165) is 12.2 Å². The minimum absolute atomic E-state index is 0.0879. The third-order valence-corrected chi connectivity index (χ3v) is 1.78. The molecule has 0 aromatic carbocycles. The molecular formula is C9H15NO. The second-order valence-corrected chi connectivity index (χ2v) is 2.76. The lowest BCUT2D eigenvalue weighted by molar-refractivity contribution is 0.444. The van der Waals surface area contributed by atoms with Crippen LogP contribution >= 0.6 is 0 Å². The van der Waals surface area contributed by atoms with Gasteiger partial charge in [-0.1, -0.05) is 19.8 Å². The Balaban J connectivity index is 2.36. The van der Waals surface area contributed by atoms with E-state index in [-0.39, 0.29) is 6.04 Å². The van der Waals surface area contributed by atoms with Crippen molar-refractivity contribution < 1.29 is 4.42 Å². The van der Waals surface area contributed by atoms with Crippen LogP contribution < -0.4 is 5.73 Å². The summed E-state index contributed by atoms with van der Waals surface area (Å²) in [7, 11) is 0. The average Bonchev–Trinajstić information content (AvgIpc) is 2.52. The van der Waals surface area contributed by atoms with Gasteiger partial charge in [-0.2, -0.15) is 0 Å². The summed E-state index contributed by atoms with van der Waals surface area (Å²) in [5.74, 6) is 0.901. The molecule has 0 saturated heterocycles. The topological polar surface area (TPSA) is 39.2 Å². The van der Waals surface area contributed by atoms with Crippen LogP contribution in [0.3, 0.4) is 0 Å². The molecule has 1 heterocycles. The van der Waals surface area contributed by atoms with Gasteiger partial charge in [-0.3, -0.25) is 0 Å². The minimum atomic E-state index is 0.0879. The summed E-state index contributed by atoms with van der Waals surface area (Å²) in [5, 5.41) is 0. The molecule has 1 rings (SSSR count). The molecule has 1 aromatic heterocycles. The van der Waals surface area contributed by atoms with Crippen molar-refractivity contribution in [3.05, 3.63) is 24.2 Å². The van der Waals surface area contributed by atoms with Crippen LogP contribution in [0, 0.1) is 0 Å². The highest BCUT2D eigenvalue weighted by molar-refractivity contribution is 5.02. The summed E-state index contributed by atoms with van der Waals surface area (Å²) < 4.78 is 5.17. The predicted octanol–water partition coefficient (Wildman–Crippen LogP) is 2.47. The summed E-state index contributed by atoms with van der Waals surface area (Å²) in [4.78, 5) is 0. The van der Waals surface area contributed by atoms with Gasteiger partial charge < -0.3 is 10.2 Å². The Morgan fingerprint density at radius 1 is 1.64 bits per heavy atom. The zero-order valence-electron chi connectivity index (χ0n) is 6.92. The Hall–Kier alpha value is -0.760. The van der Waals surface area contributed by atoms with Crippen LogP contribution in [0.4, 0.5) is 0 Å². The quantitative estimate of drug-likeness (QED) is 0.721. The van der Waals surface area contributed by atoms with Crippen molar-refractivity contribution in [3.8, 4) is 0 Å². The van der Waals surface area contributed by atoms with Gasteiger partial charge in [-0.05, 0) is 18.6 Å². The largest absolute Gasteiger partial charge is 0.468 e. The first-order valence-corrected chi connectivity index (χ1v) is 4.13. The third-order valence-electron chi connectivity index (χ3n) is 1.78. The van der Waals surface area contributed by atoms with Crippen molar-refractivity contribution in [2.45, 2.75) is 32.2 Å². The molecular weight excluding hydrogens is 138 g/mol. The molecule has 0 spiro atoms. The van der Waals surface area contributed by atoms with Crippen molar-refractivity contribution in [3.63, 3.8) is 0 Å². The van der Waals surface area contributed by atoms with E-state index in [1.54, 1.807) is 6.26 Å². The molecule has 1 atom stereocenters. The molecule has 0 fully saturated rings. The maximum atomic E-state index is 5.83. The smallest absolute Gasteiger partial charge is 0.120 e. The zero-order valence-corrected chi connectivity index (χ0v) is 6.92. The van der Waals surface area contributed by atoms with Gasteiger partial charge in [0.05, 0.1) is 12.3 Å². The van der Waals surface area contributed by atoms with Crippen molar-refractivity contribution in [1.82, 2.24) is 0 Å². The van der Waals surface area contributed by atoms with Crippen molar-refractivity contribution in [2.75, 3.05) is 0 Å². The van der Waals surface area contributed by atoms with Crippen molar-refractivity contribution in [2.24, 2.45) is 5.73 Å². The van der Waals surface area contributed by atoms with E-state index in [2.05, 4.69) is 6.92 Å². The number of furan rings is 1. The Morgan fingerprint density at radius 3 is 3.00 bits per heavy atom. The highest BCUT2D eigenvalue weighted by atomic mass is 16.3. The van der Waals surface area contributed by atoms with Gasteiger partial charge in [0.2, 0.25) is 0 Å². The molecule has 0 saturated carbocycles. The van der Waals surface area contributed by atoms with E-state index in [1.807, 2.05) is 12.1 Å². The first-order chi connectivity index (χ1) is 5.34. The van der Waals surface area contributed by atoms with Crippen LogP contribution in [-0.2, 0) is 0 Å². The Kier molecular flexibility index (Phi) is 3.17. The first kappa shape index (κ1) is 8.34. The fraction of sp³-hybridized carbons (Fsp3) is 0.556. The van der Waals surface area contributed by atoms with Crippen LogP contribution in [-0.4, -0.2) is 0 Å². The lowest BCUT2D eigenvalue weighted by atomic mass is 10.1. The van der Waals surface area contributed by atoms with E-state index in [9.17, 15) is 0 Å². The fourth-order valence-corrected chi connectivity index (χ4v) is 1.07. The van der Waals surface area contributed by atoms with E-state index in [4.69, 9.17) is 10.2 Å². The van der Waals surface area contributed by atoms with Crippen molar-refractivity contribution in [1.29, 1.82) is 0 Å². The molecule has 2 N–H and O–H groups in total. The normalized spacial score (nSPS) is 13.3. The molecule has 0 amide bonds. The predicted molar refractivity (Wildman–Crippen MR) is 45.2 cm³/mol. The van der Waals surface area contributed by atoms with Crippen LogP contribution in [0.25, 0.3) is 0 Å². The number of hydrogen-bond acceptors (Lipinski definition) is 2. The first-order valence-electron chi connectivity index (χ1n) is 4.13. The van der Waals surface area contributed by atoms with E-state index in [0.29, 0.717) is 0 Å². The zero-order chi connectivity index (χ0) is 8.10. The molecule has 62 valence electrons. The van der Waals surface area contributed by atoms with Gasteiger partial charge in [-0.25, -0.2) is 0 Å². The molecule has 2 nitrogen and oxygen atoms in total. The van der Waals surface area contributed by atoms with Gasteiger partial charge in [0.25, 0.3) is 0 Å². The molecule has 1 aromatic rings. The summed E-state index contributed by atoms with van der Waals surface area (Å²) in [6, 6.07) is 3.89. The van der Waals surface area contributed by atoms with Crippen LogP contribution in [0.15, 0.2) is 22.8 Å². The van der Waals surface area contributed by atoms with Gasteiger partial charge >= 0.3 is 0 Å². The molecule has 11 heavy (non-hydrogen) atoms. The van der Waals surface area contributed by atoms with Gasteiger partial charge in [-0.15, -0.1) is 0 Å². The number of hydrogen-bond donors (Lipinski definition) is 1. The fourth-order valence-electron chi connectivity index (χ4n) is 1.07. The molecule has 0 aliphatic carbocycles. The van der Waals surface area contributed by atoms with Gasteiger partial charge in [0.1, 0.15) is 5.76 Å². The maximum Gasteiger partial charge on any atom is 0.120 e. The summed E-state index contributed by atoms with van der Waals surface area (Å²) >= 11 is 0. The Morgan fingerprint density at radius 2 is 2.45 bits per heavy atom. The minimum Gasteiger partial charge on any atom is -0.468 e. The average molecular weight is 153 g/mol. The van der Waals surface area contributed by atoms with Gasteiger partial charge in [0.15, 0.2) is 0 Å². The van der Waals surface area contributed by atoms with E-state index >= 15 is 0 Å². The monoisotopic (exact) mass is 153 g/mol. The molecule has 0 bridgehead atoms. The molecule has 0 unspecified atom stereocenters. The SMILES string of the molecule is CCCC[C@H](N)c1ccco1. The van der Waals surface area contributed by atoms with E-state index < -0.39 is 0 Å². The number of nitrogens with two attached hydrogens (primary N) is 1. The second-order valence-electron chi connectivity index (χ2n) is 2.76. The van der Waals surface area contributed by atoms with E-state index in [1.165, 1.54) is 12.8 Å². The highest BCUT2D eigenvalue weighted by Gasteiger charge is 2.06. The molecule has 0 aliphatic heterocycles. The lowest BCUT2D eigenvalue weighted by Gasteiger charge is -2.06. The summed E-state index contributed by atoms with van der Waals surface area (Å²) in [6.45, 7) is 2.16. The van der Waals surface area contributed by atoms with Crippen LogP contribution in [0.2, 0.25) is 0 Å². The third kappa shape index (κ3) is 2.39. The lowest BCUT2D eigenvalue weighted by Crippen LogP contribution is -2.08. The Labute approximate surface area is 67.4 Å². The maximum absolute atomic E-state index is 5.83. The second kappa shape index (κ2) is 4.19. The summed E-state index contributed by atoms with van der Waals surface area (Å²) in [6.07, 6.45) is 5.04. The van der Waals surface area contributed by atoms with Crippen molar-refractivity contribution >= 4 is 0 Å². The van der Waals surface area contributed by atoms with Crippen LogP contribution in [0.1, 0.15) is 38.0 Å². The van der Waals surface area contributed by atoms with Crippen LogP contribution in [0.5, 0.6) is 0 Å². The molecule has 2 heteroatoms.